The lowest BCUT2D eigenvalue weighted by atomic mass is 10.1. The quantitative estimate of drug-likeness (QED) is 0.228. The first-order valence-electron chi connectivity index (χ1n) is 13.3. The molecule has 0 fully saturated rings. The lowest BCUT2D eigenvalue weighted by molar-refractivity contribution is -0.139. The predicted molar refractivity (Wildman–Crippen MR) is 155 cm³/mol. The van der Waals surface area contributed by atoms with Gasteiger partial charge in [0.2, 0.25) is 11.8 Å². The van der Waals surface area contributed by atoms with E-state index < -0.39 is 0 Å². The molecular weight excluding hydrogens is 488 g/mol. The summed E-state index contributed by atoms with van der Waals surface area (Å²) in [5.41, 5.74) is 3.55. The first kappa shape index (κ1) is 27.6. The van der Waals surface area contributed by atoms with Crippen LogP contribution < -0.4 is 5.43 Å². The van der Waals surface area contributed by atoms with Crippen LogP contribution in [0.4, 0.5) is 0 Å². The van der Waals surface area contributed by atoms with Crippen molar-refractivity contribution in [3.8, 4) is 0 Å². The summed E-state index contributed by atoms with van der Waals surface area (Å²) in [6.45, 7) is 4.74. The van der Waals surface area contributed by atoms with Gasteiger partial charge in [-0.1, -0.05) is 85.6 Å². The highest BCUT2D eigenvalue weighted by atomic mass is 16.3. The third kappa shape index (κ3) is 7.54. The number of amides is 2. The second-order valence-electron chi connectivity index (χ2n) is 9.68. The number of benzene rings is 3. The second kappa shape index (κ2) is 13.4. The fourth-order valence-electron chi connectivity index (χ4n) is 4.35. The maximum absolute atomic E-state index is 13.7. The lowest BCUT2D eigenvalue weighted by Gasteiger charge is -2.27. The van der Waals surface area contributed by atoms with Gasteiger partial charge in [0.15, 0.2) is 5.43 Å². The van der Waals surface area contributed by atoms with Gasteiger partial charge in [-0.15, -0.1) is 0 Å². The molecule has 1 aromatic heterocycles. The summed E-state index contributed by atoms with van der Waals surface area (Å²) in [7, 11) is 0. The molecule has 4 aromatic rings. The Hall–Kier alpha value is -4.45. The lowest BCUT2D eigenvalue weighted by Crippen LogP contribution is -2.42. The SMILES string of the molecule is CCCCN(CC(=O)N(Cc1ccccc1)Cc1coc2ccc(C)cc2c1=O)C(=O)/C=C/c1ccccc1. The number of hydrogen-bond donors (Lipinski definition) is 0. The molecule has 2 amide bonds. The summed E-state index contributed by atoms with van der Waals surface area (Å²) >= 11 is 0. The van der Waals surface area contributed by atoms with Gasteiger partial charge in [-0.05, 0) is 42.7 Å². The van der Waals surface area contributed by atoms with Crippen LogP contribution in [0, 0.1) is 6.92 Å². The summed E-state index contributed by atoms with van der Waals surface area (Å²) in [5, 5.41) is 0.491. The number of hydrogen-bond acceptors (Lipinski definition) is 4. The highest BCUT2D eigenvalue weighted by molar-refractivity contribution is 5.94. The summed E-state index contributed by atoms with van der Waals surface area (Å²) in [5.74, 6) is -0.457. The molecule has 3 aromatic carbocycles. The van der Waals surface area contributed by atoms with Crippen molar-refractivity contribution in [1.82, 2.24) is 9.80 Å². The Labute approximate surface area is 229 Å². The minimum Gasteiger partial charge on any atom is -0.464 e. The van der Waals surface area contributed by atoms with Crippen molar-refractivity contribution in [1.29, 1.82) is 0 Å². The van der Waals surface area contributed by atoms with Crippen LogP contribution in [0.15, 0.2) is 100 Å². The number of nitrogens with zero attached hydrogens (tertiary/aromatic N) is 2. The van der Waals surface area contributed by atoms with E-state index in [1.807, 2.05) is 80.6 Å². The number of unbranched alkanes of at least 4 members (excludes halogenated alkanes) is 1. The van der Waals surface area contributed by atoms with Crippen LogP contribution in [0.5, 0.6) is 0 Å². The first-order valence-corrected chi connectivity index (χ1v) is 13.3. The number of rotatable bonds is 11. The largest absolute Gasteiger partial charge is 0.464 e. The van der Waals surface area contributed by atoms with Crippen molar-refractivity contribution in [2.75, 3.05) is 13.1 Å². The maximum Gasteiger partial charge on any atom is 0.247 e. The van der Waals surface area contributed by atoms with Crippen molar-refractivity contribution in [2.24, 2.45) is 0 Å². The van der Waals surface area contributed by atoms with E-state index in [1.165, 1.54) is 12.3 Å². The van der Waals surface area contributed by atoms with E-state index >= 15 is 0 Å². The Morgan fingerprint density at radius 2 is 1.62 bits per heavy atom. The summed E-state index contributed by atoms with van der Waals surface area (Å²) < 4.78 is 5.74. The topological polar surface area (TPSA) is 70.8 Å². The van der Waals surface area contributed by atoms with E-state index in [9.17, 15) is 14.4 Å². The molecule has 4 rings (SSSR count). The van der Waals surface area contributed by atoms with Gasteiger partial charge in [-0.3, -0.25) is 14.4 Å². The fourth-order valence-corrected chi connectivity index (χ4v) is 4.35. The first-order chi connectivity index (χ1) is 18.9. The zero-order valence-corrected chi connectivity index (χ0v) is 22.5. The molecule has 0 unspecified atom stereocenters. The zero-order valence-electron chi connectivity index (χ0n) is 22.5. The van der Waals surface area contributed by atoms with E-state index in [-0.39, 0.29) is 30.3 Å². The average Bonchev–Trinajstić information content (AvgIpc) is 2.96. The van der Waals surface area contributed by atoms with Crippen LogP contribution in [0.1, 0.15) is 42.0 Å². The maximum atomic E-state index is 13.7. The van der Waals surface area contributed by atoms with Crippen molar-refractivity contribution in [3.05, 3.63) is 124 Å². The Morgan fingerprint density at radius 1 is 0.897 bits per heavy atom. The molecular formula is C33H34N2O4. The van der Waals surface area contributed by atoms with E-state index in [4.69, 9.17) is 4.42 Å². The van der Waals surface area contributed by atoms with Gasteiger partial charge >= 0.3 is 0 Å². The van der Waals surface area contributed by atoms with Crippen LogP contribution in [0.2, 0.25) is 0 Å². The van der Waals surface area contributed by atoms with Crippen LogP contribution >= 0.6 is 0 Å². The number of carbonyl (C=O) groups is 2. The Bertz CT molecular complexity index is 1490. The van der Waals surface area contributed by atoms with Crippen molar-refractivity contribution in [3.63, 3.8) is 0 Å². The Morgan fingerprint density at radius 3 is 2.33 bits per heavy atom. The van der Waals surface area contributed by atoms with Gasteiger partial charge in [0, 0.05) is 19.2 Å². The molecule has 0 spiro atoms. The van der Waals surface area contributed by atoms with Gasteiger partial charge < -0.3 is 14.2 Å². The summed E-state index contributed by atoms with van der Waals surface area (Å²) in [4.78, 5) is 43.4. The number of carbonyl (C=O) groups excluding carboxylic acids is 2. The van der Waals surface area contributed by atoms with Gasteiger partial charge in [0.25, 0.3) is 0 Å². The highest BCUT2D eigenvalue weighted by Gasteiger charge is 2.22. The molecule has 0 aliphatic carbocycles. The molecule has 6 nitrogen and oxygen atoms in total. The monoisotopic (exact) mass is 522 g/mol. The van der Waals surface area contributed by atoms with E-state index in [1.54, 1.807) is 28.0 Å². The molecule has 39 heavy (non-hydrogen) atoms. The number of fused-ring (bicyclic) bond motifs is 1. The number of aryl methyl sites for hydroxylation is 1. The molecule has 200 valence electrons. The van der Waals surface area contributed by atoms with Crippen LogP contribution in [-0.2, 0) is 22.7 Å². The molecule has 1 heterocycles. The minimum absolute atomic E-state index is 0.0790. The van der Waals surface area contributed by atoms with Gasteiger partial charge in [0.05, 0.1) is 23.8 Å². The fraction of sp³-hybridized carbons (Fsp3) is 0.242. The van der Waals surface area contributed by atoms with Crippen LogP contribution in [0.3, 0.4) is 0 Å². The standard InChI is InChI=1S/C33H34N2O4/c1-3-4-19-34(31(36)18-16-26-11-7-5-8-12-26)23-32(37)35(21-27-13-9-6-10-14-27)22-28-24-39-30-17-15-25(2)20-29(30)33(28)38/h5-18,20,24H,3-4,19,21-23H2,1-2H3/b18-16+. The average molecular weight is 523 g/mol. The molecule has 0 saturated heterocycles. The van der Waals surface area contributed by atoms with E-state index in [0.29, 0.717) is 29.6 Å². The third-order valence-corrected chi connectivity index (χ3v) is 6.57. The Kier molecular flexibility index (Phi) is 9.46. The van der Waals surface area contributed by atoms with Gasteiger partial charge in [-0.2, -0.15) is 0 Å². The molecule has 0 atom stereocenters. The second-order valence-corrected chi connectivity index (χ2v) is 9.68. The molecule has 0 aliphatic rings. The molecule has 6 heteroatoms. The van der Waals surface area contributed by atoms with Crippen LogP contribution in [-0.4, -0.2) is 34.7 Å². The summed E-state index contributed by atoms with van der Waals surface area (Å²) in [6.07, 6.45) is 6.39. The van der Waals surface area contributed by atoms with Gasteiger partial charge in [0.1, 0.15) is 12.1 Å². The normalized spacial score (nSPS) is 11.1. The Balaban J connectivity index is 1.59. The highest BCUT2D eigenvalue weighted by Crippen LogP contribution is 2.16. The summed E-state index contributed by atoms with van der Waals surface area (Å²) in [6, 6.07) is 24.7. The minimum atomic E-state index is -0.236. The van der Waals surface area contributed by atoms with E-state index in [0.717, 1.165) is 29.5 Å². The van der Waals surface area contributed by atoms with Crippen molar-refractivity contribution < 1.29 is 14.0 Å². The van der Waals surface area contributed by atoms with Gasteiger partial charge in [-0.25, -0.2) is 0 Å². The molecule has 0 N–H and O–H groups in total. The smallest absolute Gasteiger partial charge is 0.247 e. The molecule has 0 aliphatic heterocycles. The molecule has 0 saturated carbocycles. The van der Waals surface area contributed by atoms with Crippen molar-refractivity contribution >= 4 is 28.9 Å². The molecule has 0 radical (unpaired) electrons. The van der Waals surface area contributed by atoms with E-state index in [2.05, 4.69) is 0 Å². The zero-order chi connectivity index (χ0) is 27.6. The molecule has 0 bridgehead atoms. The predicted octanol–water partition coefficient (Wildman–Crippen LogP) is 5.97. The van der Waals surface area contributed by atoms with Crippen molar-refractivity contribution in [2.45, 2.75) is 39.8 Å². The third-order valence-electron chi connectivity index (χ3n) is 6.57. The van der Waals surface area contributed by atoms with Crippen LogP contribution in [0.25, 0.3) is 17.0 Å².